The lowest BCUT2D eigenvalue weighted by atomic mass is 9.98. The minimum absolute atomic E-state index is 0.172. The summed E-state index contributed by atoms with van der Waals surface area (Å²) in [5.74, 6) is 0.292. The van der Waals surface area contributed by atoms with E-state index in [1.807, 2.05) is 4.90 Å². The van der Waals surface area contributed by atoms with Crippen LogP contribution < -0.4 is 0 Å². The Hall–Kier alpha value is -0.690. The SMILES string of the molecule is O=C1CCCN1C[C@H]1CC[C@@]2(COCCN(C3CCOCC3)C2)O1. The minimum atomic E-state index is -0.178. The zero-order chi connectivity index (χ0) is 16.4. The summed E-state index contributed by atoms with van der Waals surface area (Å²) in [5.41, 5.74) is -0.178. The van der Waals surface area contributed by atoms with Gasteiger partial charge < -0.3 is 19.1 Å². The molecule has 4 rings (SSSR count). The average molecular weight is 338 g/mol. The standard InChI is InChI=1S/C18H30N2O4/c21-17-2-1-7-19(17)12-16-3-6-18(24-16)13-20(8-11-23-14-18)15-4-9-22-10-5-15/h15-16H,1-14H2/t16-,18-/m1/s1. The van der Waals surface area contributed by atoms with Gasteiger partial charge in [0.2, 0.25) is 5.91 Å². The lowest BCUT2D eigenvalue weighted by Crippen LogP contribution is -2.50. The third kappa shape index (κ3) is 3.62. The van der Waals surface area contributed by atoms with Crippen molar-refractivity contribution in [2.24, 2.45) is 0 Å². The molecule has 24 heavy (non-hydrogen) atoms. The van der Waals surface area contributed by atoms with Crippen molar-refractivity contribution in [3.63, 3.8) is 0 Å². The number of carbonyl (C=O) groups excluding carboxylic acids is 1. The number of carbonyl (C=O) groups is 1. The summed E-state index contributed by atoms with van der Waals surface area (Å²) in [4.78, 5) is 16.4. The number of amides is 1. The van der Waals surface area contributed by atoms with E-state index in [0.29, 0.717) is 25.0 Å². The molecule has 1 amide bonds. The first-order chi connectivity index (χ1) is 11.7. The molecule has 0 aromatic carbocycles. The molecular formula is C18H30N2O4. The Morgan fingerprint density at radius 3 is 2.75 bits per heavy atom. The zero-order valence-corrected chi connectivity index (χ0v) is 14.6. The van der Waals surface area contributed by atoms with Crippen LogP contribution in [0.25, 0.3) is 0 Å². The average Bonchev–Trinajstić information content (AvgIpc) is 3.11. The van der Waals surface area contributed by atoms with Crippen LogP contribution in [-0.4, -0.2) is 86.1 Å². The molecule has 0 unspecified atom stereocenters. The number of rotatable bonds is 3. The Labute approximate surface area is 144 Å². The molecule has 4 heterocycles. The molecule has 2 atom stereocenters. The molecule has 0 bridgehead atoms. The third-order valence-electron chi connectivity index (χ3n) is 6.02. The topological polar surface area (TPSA) is 51.2 Å². The number of nitrogens with zero attached hydrogens (tertiary/aromatic N) is 2. The van der Waals surface area contributed by atoms with E-state index in [2.05, 4.69) is 4.90 Å². The summed E-state index contributed by atoms with van der Waals surface area (Å²) in [5, 5.41) is 0. The van der Waals surface area contributed by atoms with E-state index in [1.165, 1.54) is 0 Å². The Morgan fingerprint density at radius 1 is 1.08 bits per heavy atom. The van der Waals surface area contributed by atoms with E-state index in [4.69, 9.17) is 14.2 Å². The zero-order valence-electron chi connectivity index (χ0n) is 14.6. The van der Waals surface area contributed by atoms with Gasteiger partial charge in [0, 0.05) is 51.9 Å². The maximum atomic E-state index is 11.9. The van der Waals surface area contributed by atoms with Crippen LogP contribution in [0.4, 0.5) is 0 Å². The Bertz CT molecular complexity index is 454. The van der Waals surface area contributed by atoms with Gasteiger partial charge in [-0.25, -0.2) is 0 Å². The lowest BCUT2D eigenvalue weighted by molar-refractivity contribution is -0.132. The van der Waals surface area contributed by atoms with Crippen LogP contribution in [0.3, 0.4) is 0 Å². The number of ether oxygens (including phenoxy) is 3. The van der Waals surface area contributed by atoms with Crippen molar-refractivity contribution in [2.75, 3.05) is 52.6 Å². The first-order valence-corrected chi connectivity index (χ1v) is 9.59. The Balaban J connectivity index is 1.37. The second kappa shape index (κ2) is 7.28. The summed E-state index contributed by atoms with van der Waals surface area (Å²) in [6.45, 7) is 6.83. The largest absolute Gasteiger partial charge is 0.381 e. The van der Waals surface area contributed by atoms with E-state index < -0.39 is 0 Å². The highest BCUT2D eigenvalue weighted by Gasteiger charge is 2.45. The highest BCUT2D eigenvalue weighted by molar-refractivity contribution is 5.78. The predicted molar refractivity (Wildman–Crippen MR) is 88.9 cm³/mol. The van der Waals surface area contributed by atoms with Gasteiger partial charge in [0.05, 0.1) is 19.3 Å². The molecule has 0 aliphatic carbocycles. The normalized spacial score (nSPS) is 36.6. The fourth-order valence-corrected chi connectivity index (χ4v) is 4.69. The van der Waals surface area contributed by atoms with Crippen molar-refractivity contribution in [1.29, 1.82) is 0 Å². The monoisotopic (exact) mass is 338 g/mol. The fraction of sp³-hybridized carbons (Fsp3) is 0.944. The van der Waals surface area contributed by atoms with Gasteiger partial charge in [-0.1, -0.05) is 0 Å². The van der Waals surface area contributed by atoms with E-state index in [0.717, 1.165) is 78.1 Å². The minimum Gasteiger partial charge on any atom is -0.381 e. The smallest absolute Gasteiger partial charge is 0.222 e. The first-order valence-electron chi connectivity index (χ1n) is 9.59. The van der Waals surface area contributed by atoms with E-state index in [-0.39, 0.29) is 11.7 Å². The molecular weight excluding hydrogens is 308 g/mol. The van der Waals surface area contributed by atoms with Crippen LogP contribution in [0, 0.1) is 0 Å². The summed E-state index contributed by atoms with van der Waals surface area (Å²) in [6.07, 6.45) is 6.18. The van der Waals surface area contributed by atoms with Gasteiger partial charge in [-0.15, -0.1) is 0 Å². The Morgan fingerprint density at radius 2 is 1.96 bits per heavy atom. The highest BCUT2D eigenvalue weighted by atomic mass is 16.6. The quantitative estimate of drug-likeness (QED) is 0.770. The molecule has 0 N–H and O–H groups in total. The lowest BCUT2D eigenvalue weighted by Gasteiger charge is -2.38. The van der Waals surface area contributed by atoms with E-state index >= 15 is 0 Å². The van der Waals surface area contributed by atoms with Gasteiger partial charge in [0.15, 0.2) is 0 Å². The molecule has 0 radical (unpaired) electrons. The molecule has 4 aliphatic rings. The number of likely N-dealkylation sites (tertiary alicyclic amines) is 1. The maximum absolute atomic E-state index is 11.9. The molecule has 0 saturated carbocycles. The van der Waals surface area contributed by atoms with Gasteiger partial charge in [0.1, 0.15) is 5.60 Å². The first kappa shape index (κ1) is 16.8. The molecule has 6 heteroatoms. The molecule has 0 aromatic heterocycles. The molecule has 4 saturated heterocycles. The maximum Gasteiger partial charge on any atom is 0.222 e. The molecule has 4 fully saturated rings. The van der Waals surface area contributed by atoms with Gasteiger partial charge in [-0.3, -0.25) is 9.69 Å². The van der Waals surface area contributed by atoms with Gasteiger partial charge in [0.25, 0.3) is 0 Å². The molecule has 136 valence electrons. The number of hydrogen-bond donors (Lipinski definition) is 0. The molecule has 0 aromatic rings. The van der Waals surface area contributed by atoms with Crippen molar-refractivity contribution < 1.29 is 19.0 Å². The summed E-state index contributed by atoms with van der Waals surface area (Å²) in [7, 11) is 0. The van der Waals surface area contributed by atoms with Crippen LogP contribution in [0.2, 0.25) is 0 Å². The molecule has 6 nitrogen and oxygen atoms in total. The van der Waals surface area contributed by atoms with Crippen LogP contribution >= 0.6 is 0 Å². The van der Waals surface area contributed by atoms with Crippen molar-refractivity contribution in [1.82, 2.24) is 9.80 Å². The second-order valence-electron chi connectivity index (χ2n) is 7.77. The van der Waals surface area contributed by atoms with Crippen molar-refractivity contribution in [3.8, 4) is 0 Å². The Kier molecular flexibility index (Phi) is 5.08. The number of hydrogen-bond acceptors (Lipinski definition) is 5. The second-order valence-corrected chi connectivity index (χ2v) is 7.77. The van der Waals surface area contributed by atoms with Gasteiger partial charge in [-0.05, 0) is 32.1 Å². The van der Waals surface area contributed by atoms with Crippen LogP contribution in [0.5, 0.6) is 0 Å². The summed E-state index contributed by atoms with van der Waals surface area (Å²) in [6, 6.07) is 0.597. The van der Waals surface area contributed by atoms with E-state index in [1.54, 1.807) is 0 Å². The predicted octanol–water partition coefficient (Wildman–Crippen LogP) is 1.04. The summed E-state index contributed by atoms with van der Waals surface area (Å²) >= 11 is 0. The van der Waals surface area contributed by atoms with Gasteiger partial charge in [-0.2, -0.15) is 0 Å². The van der Waals surface area contributed by atoms with Crippen molar-refractivity contribution in [2.45, 2.75) is 56.3 Å². The summed E-state index contributed by atoms with van der Waals surface area (Å²) < 4.78 is 17.9. The van der Waals surface area contributed by atoms with Crippen LogP contribution in [0.1, 0.15) is 38.5 Å². The molecule has 4 aliphatic heterocycles. The van der Waals surface area contributed by atoms with E-state index in [9.17, 15) is 4.79 Å². The third-order valence-corrected chi connectivity index (χ3v) is 6.02. The highest BCUT2D eigenvalue weighted by Crippen LogP contribution is 2.35. The van der Waals surface area contributed by atoms with Crippen LogP contribution in [0.15, 0.2) is 0 Å². The molecule has 1 spiro atoms. The van der Waals surface area contributed by atoms with Crippen LogP contribution in [-0.2, 0) is 19.0 Å². The van der Waals surface area contributed by atoms with Gasteiger partial charge >= 0.3 is 0 Å². The fourth-order valence-electron chi connectivity index (χ4n) is 4.69. The van der Waals surface area contributed by atoms with Crippen molar-refractivity contribution in [3.05, 3.63) is 0 Å². The van der Waals surface area contributed by atoms with Crippen molar-refractivity contribution >= 4 is 5.91 Å².